The minimum atomic E-state index is -0.664. The van der Waals surface area contributed by atoms with E-state index in [9.17, 15) is 9.90 Å². The molecule has 0 bridgehead atoms. The molecule has 0 aromatic heterocycles. The highest BCUT2D eigenvalue weighted by Crippen LogP contribution is 2.39. The normalized spacial score (nSPS) is 17.3. The van der Waals surface area contributed by atoms with Gasteiger partial charge < -0.3 is 10.0 Å². The highest BCUT2D eigenvalue weighted by Gasteiger charge is 2.40. The Morgan fingerprint density at radius 1 is 1.48 bits per heavy atom. The standard InChI is InChI=1S/C16H19BrN2O2/c1-2-5-16(15(20)21)6-8-19(9-7-16)14-4-3-12(11-18)10-13(14)17/h3-4,10H,2,5-9H2,1H3,(H,20,21). The summed E-state index contributed by atoms with van der Waals surface area (Å²) in [7, 11) is 0. The van der Waals surface area contributed by atoms with Crippen LogP contribution in [0.5, 0.6) is 0 Å². The smallest absolute Gasteiger partial charge is 0.309 e. The maximum atomic E-state index is 11.6. The van der Waals surface area contributed by atoms with Crippen LogP contribution in [0, 0.1) is 16.7 Å². The molecule has 1 fully saturated rings. The van der Waals surface area contributed by atoms with Gasteiger partial charge in [0.25, 0.3) is 0 Å². The maximum Gasteiger partial charge on any atom is 0.309 e. The molecule has 21 heavy (non-hydrogen) atoms. The predicted octanol–water partition coefficient (Wildman–Crippen LogP) is 3.79. The number of nitriles is 1. The van der Waals surface area contributed by atoms with E-state index in [0.29, 0.717) is 18.4 Å². The van der Waals surface area contributed by atoms with E-state index in [1.807, 2.05) is 13.0 Å². The van der Waals surface area contributed by atoms with Gasteiger partial charge in [-0.3, -0.25) is 4.79 Å². The van der Waals surface area contributed by atoms with Gasteiger partial charge in [-0.25, -0.2) is 0 Å². The number of piperidine rings is 1. The van der Waals surface area contributed by atoms with Crippen molar-refractivity contribution < 1.29 is 9.90 Å². The number of nitrogens with zero attached hydrogens (tertiary/aromatic N) is 2. The van der Waals surface area contributed by atoms with Crippen molar-refractivity contribution in [1.82, 2.24) is 0 Å². The zero-order valence-corrected chi connectivity index (χ0v) is 13.7. The lowest BCUT2D eigenvalue weighted by atomic mass is 9.75. The average molecular weight is 351 g/mol. The van der Waals surface area contributed by atoms with Crippen LogP contribution in [0.1, 0.15) is 38.2 Å². The quantitative estimate of drug-likeness (QED) is 0.896. The molecule has 1 aliphatic rings. The minimum Gasteiger partial charge on any atom is -0.481 e. The van der Waals surface area contributed by atoms with E-state index in [-0.39, 0.29) is 0 Å². The molecular formula is C16H19BrN2O2. The molecule has 0 saturated carbocycles. The van der Waals surface area contributed by atoms with Gasteiger partial charge in [0.15, 0.2) is 0 Å². The Hall–Kier alpha value is -1.54. The summed E-state index contributed by atoms with van der Waals surface area (Å²) in [5, 5.41) is 18.4. The molecule has 1 N–H and O–H groups in total. The van der Waals surface area contributed by atoms with Crippen LogP contribution in [-0.2, 0) is 4.79 Å². The summed E-state index contributed by atoms with van der Waals surface area (Å²) in [5.41, 5.74) is 1.09. The van der Waals surface area contributed by atoms with E-state index in [4.69, 9.17) is 5.26 Å². The van der Waals surface area contributed by atoms with Crippen molar-refractivity contribution in [2.24, 2.45) is 5.41 Å². The second-order valence-corrected chi connectivity index (χ2v) is 6.45. The number of hydrogen-bond donors (Lipinski definition) is 1. The second-order valence-electron chi connectivity index (χ2n) is 5.60. The molecule has 0 unspecified atom stereocenters. The molecule has 0 amide bonds. The summed E-state index contributed by atoms with van der Waals surface area (Å²) < 4.78 is 0.889. The summed E-state index contributed by atoms with van der Waals surface area (Å²) in [6, 6.07) is 7.65. The van der Waals surface area contributed by atoms with E-state index >= 15 is 0 Å². The van der Waals surface area contributed by atoms with E-state index < -0.39 is 11.4 Å². The van der Waals surface area contributed by atoms with Gasteiger partial charge in [-0.15, -0.1) is 0 Å². The SMILES string of the molecule is CCCC1(C(=O)O)CCN(c2ccc(C#N)cc2Br)CC1. The lowest BCUT2D eigenvalue weighted by Crippen LogP contribution is -2.44. The van der Waals surface area contributed by atoms with Gasteiger partial charge in [-0.2, -0.15) is 5.26 Å². The van der Waals surface area contributed by atoms with Crippen molar-refractivity contribution in [2.45, 2.75) is 32.6 Å². The first-order valence-corrected chi connectivity index (χ1v) is 8.00. The second kappa shape index (κ2) is 6.48. The zero-order chi connectivity index (χ0) is 15.5. The lowest BCUT2D eigenvalue weighted by Gasteiger charge is -2.40. The summed E-state index contributed by atoms with van der Waals surface area (Å²) in [5.74, 6) is -0.664. The number of carboxylic acid groups (broad SMARTS) is 1. The van der Waals surface area contributed by atoms with Crippen molar-refractivity contribution in [1.29, 1.82) is 5.26 Å². The van der Waals surface area contributed by atoms with E-state index in [1.54, 1.807) is 12.1 Å². The highest BCUT2D eigenvalue weighted by atomic mass is 79.9. The van der Waals surface area contributed by atoms with Crippen molar-refractivity contribution >= 4 is 27.6 Å². The fraction of sp³-hybridized carbons (Fsp3) is 0.500. The van der Waals surface area contributed by atoms with E-state index in [2.05, 4.69) is 26.9 Å². The molecule has 2 rings (SSSR count). The molecular weight excluding hydrogens is 332 g/mol. The van der Waals surface area contributed by atoms with Crippen LogP contribution in [0.3, 0.4) is 0 Å². The Morgan fingerprint density at radius 3 is 2.62 bits per heavy atom. The monoisotopic (exact) mass is 350 g/mol. The van der Waals surface area contributed by atoms with Crippen LogP contribution in [0.4, 0.5) is 5.69 Å². The number of rotatable bonds is 4. The molecule has 1 aliphatic heterocycles. The summed E-state index contributed by atoms with van der Waals surface area (Å²) in [6.07, 6.45) is 2.98. The number of halogens is 1. The largest absolute Gasteiger partial charge is 0.481 e. The number of carbonyl (C=O) groups is 1. The van der Waals surface area contributed by atoms with Crippen LogP contribution < -0.4 is 4.90 Å². The van der Waals surface area contributed by atoms with Gasteiger partial charge in [-0.05, 0) is 53.4 Å². The molecule has 5 heteroatoms. The average Bonchev–Trinajstić information content (AvgIpc) is 2.48. The van der Waals surface area contributed by atoms with Crippen LogP contribution in [0.2, 0.25) is 0 Å². The third-order valence-corrected chi connectivity index (χ3v) is 4.96. The lowest BCUT2D eigenvalue weighted by molar-refractivity contribution is -0.150. The molecule has 0 radical (unpaired) electrons. The molecule has 1 aromatic rings. The Labute approximate surface area is 133 Å². The van der Waals surface area contributed by atoms with Crippen molar-refractivity contribution in [3.05, 3.63) is 28.2 Å². The van der Waals surface area contributed by atoms with Gasteiger partial charge in [0.05, 0.1) is 22.7 Å². The first-order chi connectivity index (χ1) is 10.0. The van der Waals surface area contributed by atoms with Gasteiger partial charge in [0, 0.05) is 17.6 Å². The molecule has 1 saturated heterocycles. The molecule has 1 aromatic carbocycles. The number of aliphatic carboxylic acids is 1. The highest BCUT2D eigenvalue weighted by molar-refractivity contribution is 9.10. The fourth-order valence-electron chi connectivity index (χ4n) is 3.06. The van der Waals surface area contributed by atoms with Crippen LogP contribution >= 0.6 is 15.9 Å². The van der Waals surface area contributed by atoms with Crippen LogP contribution in [0.15, 0.2) is 22.7 Å². The Balaban J connectivity index is 2.14. The summed E-state index contributed by atoms with van der Waals surface area (Å²) in [6.45, 7) is 3.50. The number of hydrogen-bond acceptors (Lipinski definition) is 3. The van der Waals surface area contributed by atoms with E-state index in [1.165, 1.54) is 0 Å². The zero-order valence-electron chi connectivity index (χ0n) is 12.1. The first-order valence-electron chi connectivity index (χ1n) is 7.20. The van der Waals surface area contributed by atoms with E-state index in [0.717, 1.165) is 36.1 Å². The molecule has 0 spiro atoms. The molecule has 1 heterocycles. The van der Waals surface area contributed by atoms with Crippen molar-refractivity contribution in [3.63, 3.8) is 0 Å². The minimum absolute atomic E-state index is 0.565. The molecule has 4 nitrogen and oxygen atoms in total. The molecule has 0 aliphatic carbocycles. The summed E-state index contributed by atoms with van der Waals surface area (Å²) in [4.78, 5) is 13.8. The number of benzene rings is 1. The van der Waals surface area contributed by atoms with Crippen molar-refractivity contribution in [3.8, 4) is 6.07 Å². The predicted molar refractivity (Wildman–Crippen MR) is 85.3 cm³/mol. The Bertz CT molecular complexity index is 572. The first kappa shape index (κ1) is 15.8. The molecule has 112 valence electrons. The summed E-state index contributed by atoms with van der Waals surface area (Å²) >= 11 is 3.50. The van der Waals surface area contributed by atoms with Crippen LogP contribution in [0.25, 0.3) is 0 Å². The van der Waals surface area contributed by atoms with Crippen molar-refractivity contribution in [2.75, 3.05) is 18.0 Å². The number of anilines is 1. The number of carboxylic acids is 1. The maximum absolute atomic E-state index is 11.6. The van der Waals surface area contributed by atoms with Crippen LogP contribution in [-0.4, -0.2) is 24.2 Å². The third-order valence-electron chi connectivity index (χ3n) is 4.32. The van der Waals surface area contributed by atoms with Gasteiger partial charge in [0.1, 0.15) is 0 Å². The van der Waals surface area contributed by atoms with Gasteiger partial charge >= 0.3 is 5.97 Å². The third kappa shape index (κ3) is 3.21. The van der Waals surface area contributed by atoms with Gasteiger partial charge in [0.2, 0.25) is 0 Å². The Morgan fingerprint density at radius 2 is 2.14 bits per heavy atom. The molecule has 0 atom stereocenters. The fourth-order valence-corrected chi connectivity index (χ4v) is 3.69. The Kier molecular flexibility index (Phi) is 4.89. The van der Waals surface area contributed by atoms with Gasteiger partial charge in [-0.1, -0.05) is 13.3 Å². The topological polar surface area (TPSA) is 64.3 Å².